The molecule has 30 heavy (non-hydrogen) atoms. The minimum Gasteiger partial charge on any atom is -0.396 e. The lowest BCUT2D eigenvalue weighted by Gasteiger charge is -2.25. The third kappa shape index (κ3) is 6.42. The number of hydrogen-bond acceptors (Lipinski definition) is 4. The zero-order valence-electron chi connectivity index (χ0n) is 17.3. The molecule has 0 radical (unpaired) electrons. The van der Waals surface area contributed by atoms with Gasteiger partial charge in [-0.25, -0.2) is 5.48 Å². The summed E-state index contributed by atoms with van der Waals surface area (Å²) >= 11 is 0. The molecule has 0 saturated heterocycles. The molecule has 1 aromatic heterocycles. The normalized spacial score (nSPS) is 14.4. The van der Waals surface area contributed by atoms with Gasteiger partial charge in [-0.1, -0.05) is 42.0 Å². The van der Waals surface area contributed by atoms with Gasteiger partial charge in [-0.15, -0.1) is 0 Å². The summed E-state index contributed by atoms with van der Waals surface area (Å²) in [5, 5.41) is 19.0. The van der Waals surface area contributed by atoms with Crippen molar-refractivity contribution in [1.29, 1.82) is 0 Å². The third-order valence-electron chi connectivity index (χ3n) is 5.51. The summed E-state index contributed by atoms with van der Waals surface area (Å²) in [7, 11) is 0. The molecule has 0 unspecified atom stereocenters. The number of aromatic nitrogens is 1. The number of fused-ring (bicyclic) bond motifs is 1. The van der Waals surface area contributed by atoms with E-state index in [1.54, 1.807) is 11.6 Å². The molecule has 1 heterocycles. The van der Waals surface area contributed by atoms with Crippen molar-refractivity contribution in [2.75, 3.05) is 26.2 Å². The number of carbonyl (C=O) groups excluding carboxylic acids is 1. The van der Waals surface area contributed by atoms with E-state index in [-0.39, 0.29) is 6.61 Å². The molecule has 2 aromatic rings. The number of benzene rings is 1. The fourth-order valence-corrected chi connectivity index (χ4v) is 3.81. The molecule has 0 aliphatic heterocycles. The summed E-state index contributed by atoms with van der Waals surface area (Å²) in [6.45, 7) is 3.09. The van der Waals surface area contributed by atoms with Crippen LogP contribution in [0.3, 0.4) is 0 Å². The van der Waals surface area contributed by atoms with Crippen molar-refractivity contribution >= 4 is 16.8 Å². The Morgan fingerprint density at radius 1 is 1.17 bits per heavy atom. The van der Waals surface area contributed by atoms with Gasteiger partial charge in [0.25, 0.3) is 5.91 Å². The number of H-pyrrole nitrogens is 1. The van der Waals surface area contributed by atoms with Crippen molar-refractivity contribution in [1.82, 2.24) is 15.4 Å². The van der Waals surface area contributed by atoms with Gasteiger partial charge in [0.2, 0.25) is 0 Å². The second-order valence-electron chi connectivity index (χ2n) is 7.69. The lowest BCUT2D eigenvalue weighted by atomic mass is 9.97. The van der Waals surface area contributed by atoms with Crippen LogP contribution < -0.4 is 5.48 Å². The molecule has 1 aliphatic carbocycles. The fraction of sp³-hybridized carbons (Fsp3) is 0.375. The lowest BCUT2D eigenvalue weighted by molar-refractivity contribution is -0.124. The van der Waals surface area contributed by atoms with Crippen LogP contribution in [0.5, 0.6) is 0 Å². The van der Waals surface area contributed by atoms with Crippen molar-refractivity contribution in [2.45, 2.75) is 32.1 Å². The van der Waals surface area contributed by atoms with Crippen LogP contribution in [0.1, 0.15) is 31.2 Å². The number of para-hydroxylation sites is 1. The maximum Gasteiger partial charge on any atom is 0.267 e. The monoisotopic (exact) mass is 409 g/mol. The minimum atomic E-state index is -0.516. The first-order valence-corrected chi connectivity index (χ1v) is 10.6. The molecule has 4 N–H and O–H groups in total. The maximum atomic E-state index is 11.1. The van der Waals surface area contributed by atoms with Crippen LogP contribution in [0.2, 0.25) is 0 Å². The summed E-state index contributed by atoms with van der Waals surface area (Å²) < 4.78 is 0. The molecule has 0 spiro atoms. The van der Waals surface area contributed by atoms with Gasteiger partial charge >= 0.3 is 0 Å². The smallest absolute Gasteiger partial charge is 0.267 e. The summed E-state index contributed by atoms with van der Waals surface area (Å²) in [4.78, 5) is 16.9. The number of amides is 1. The van der Waals surface area contributed by atoms with Crippen molar-refractivity contribution in [3.8, 4) is 0 Å². The van der Waals surface area contributed by atoms with Crippen LogP contribution in [-0.2, 0) is 11.2 Å². The van der Waals surface area contributed by atoms with E-state index >= 15 is 0 Å². The van der Waals surface area contributed by atoms with Crippen LogP contribution >= 0.6 is 0 Å². The topological polar surface area (TPSA) is 88.6 Å². The van der Waals surface area contributed by atoms with E-state index in [0.29, 0.717) is 0 Å². The number of carbonyl (C=O) groups is 1. The van der Waals surface area contributed by atoms with Gasteiger partial charge < -0.3 is 10.1 Å². The molecule has 1 amide bonds. The van der Waals surface area contributed by atoms with Crippen molar-refractivity contribution in [2.24, 2.45) is 0 Å². The molecular weight excluding hydrogens is 378 g/mol. The number of rotatable bonds is 11. The Bertz CT molecular complexity index is 927. The average molecular weight is 410 g/mol. The Kier molecular flexibility index (Phi) is 8.44. The zero-order chi connectivity index (χ0) is 21.2. The number of hydroxylamine groups is 1. The number of nitrogens with zero attached hydrogens (tertiary/aromatic N) is 1. The predicted octanol–water partition coefficient (Wildman–Crippen LogP) is 3.49. The molecular formula is C24H31N3O3. The van der Waals surface area contributed by atoms with Crippen LogP contribution in [0.25, 0.3) is 10.9 Å². The lowest BCUT2D eigenvalue weighted by Crippen LogP contribution is -2.30. The van der Waals surface area contributed by atoms with Gasteiger partial charge in [-0.05, 0) is 55.9 Å². The number of aliphatic hydroxyl groups is 1. The summed E-state index contributed by atoms with van der Waals surface area (Å²) in [6, 6.07) is 8.39. The van der Waals surface area contributed by atoms with Gasteiger partial charge in [-0.2, -0.15) is 0 Å². The summed E-state index contributed by atoms with van der Waals surface area (Å²) in [5.74, 6) is -0.516. The Morgan fingerprint density at radius 3 is 2.80 bits per heavy atom. The Hall–Kier alpha value is -2.67. The van der Waals surface area contributed by atoms with Crippen LogP contribution in [-0.4, -0.2) is 52.3 Å². The van der Waals surface area contributed by atoms with Crippen LogP contribution in [0, 0.1) is 0 Å². The molecule has 0 atom stereocenters. The first-order valence-electron chi connectivity index (χ1n) is 10.6. The highest BCUT2D eigenvalue weighted by Crippen LogP contribution is 2.22. The number of aliphatic hydroxyl groups excluding tert-OH is 1. The SMILES string of the molecule is O=C(/C=C/C1=CC=C(CN(CCCCO)CCc2c[nH]c3ccccc23)CC1)NO. The van der Waals surface area contributed by atoms with Gasteiger partial charge in [0.05, 0.1) is 0 Å². The van der Waals surface area contributed by atoms with E-state index in [9.17, 15) is 4.79 Å². The first-order chi connectivity index (χ1) is 14.7. The Balaban J connectivity index is 1.61. The van der Waals surface area contributed by atoms with E-state index in [2.05, 4.69) is 40.4 Å². The summed E-state index contributed by atoms with van der Waals surface area (Å²) in [6.07, 6.45) is 14.0. The first kappa shape index (κ1) is 22.0. The quantitative estimate of drug-likeness (QED) is 0.198. The average Bonchev–Trinajstić information content (AvgIpc) is 3.20. The van der Waals surface area contributed by atoms with Crippen molar-refractivity contribution < 1.29 is 15.1 Å². The number of aromatic amines is 1. The molecule has 6 nitrogen and oxygen atoms in total. The van der Waals surface area contributed by atoms with E-state index in [1.807, 2.05) is 12.1 Å². The van der Waals surface area contributed by atoms with E-state index in [4.69, 9.17) is 10.3 Å². The minimum absolute atomic E-state index is 0.235. The van der Waals surface area contributed by atoms with Crippen LogP contribution in [0.15, 0.2) is 65.9 Å². The Labute approximate surface area is 177 Å². The highest BCUT2D eigenvalue weighted by atomic mass is 16.5. The molecule has 6 heteroatoms. The number of hydrogen-bond donors (Lipinski definition) is 4. The van der Waals surface area contributed by atoms with E-state index in [0.717, 1.165) is 57.3 Å². The molecule has 3 rings (SSSR count). The molecule has 1 aliphatic rings. The molecule has 1 aromatic carbocycles. The maximum absolute atomic E-state index is 11.1. The van der Waals surface area contributed by atoms with E-state index in [1.165, 1.54) is 28.1 Å². The predicted molar refractivity (Wildman–Crippen MR) is 119 cm³/mol. The van der Waals surface area contributed by atoms with Gasteiger partial charge in [0.15, 0.2) is 0 Å². The third-order valence-corrected chi connectivity index (χ3v) is 5.51. The van der Waals surface area contributed by atoms with E-state index < -0.39 is 5.91 Å². The van der Waals surface area contributed by atoms with Gasteiger partial charge in [-0.3, -0.25) is 14.9 Å². The van der Waals surface area contributed by atoms with Crippen LogP contribution in [0.4, 0.5) is 0 Å². The highest BCUT2D eigenvalue weighted by Gasteiger charge is 2.12. The number of nitrogens with one attached hydrogen (secondary N) is 2. The second kappa shape index (κ2) is 11.5. The largest absolute Gasteiger partial charge is 0.396 e. The highest BCUT2D eigenvalue weighted by molar-refractivity contribution is 5.86. The molecule has 0 fully saturated rings. The van der Waals surface area contributed by atoms with Crippen molar-refractivity contribution in [3.05, 3.63) is 71.5 Å². The number of unbranched alkanes of at least 4 members (excludes halogenated alkanes) is 1. The molecule has 0 bridgehead atoms. The zero-order valence-corrected chi connectivity index (χ0v) is 17.3. The summed E-state index contributed by atoms with van der Waals surface area (Å²) in [5.41, 5.74) is 6.57. The standard InChI is InChI=1S/C24H31N3O3/c28-16-4-3-14-27(15-13-21-17-25-23-6-2-1-5-22(21)23)18-20-9-7-19(8-10-20)11-12-24(29)26-30/h1-2,5-7,9,11-12,17,25,28,30H,3-4,8,10,13-16,18H2,(H,26,29)/b12-11+. The van der Waals surface area contributed by atoms with Gasteiger partial charge in [0, 0.05) is 42.9 Å². The van der Waals surface area contributed by atoms with Crippen molar-refractivity contribution in [3.63, 3.8) is 0 Å². The number of allylic oxidation sites excluding steroid dienone is 4. The van der Waals surface area contributed by atoms with Gasteiger partial charge in [0.1, 0.15) is 0 Å². The molecule has 0 saturated carbocycles. The Morgan fingerprint density at radius 2 is 2.03 bits per heavy atom. The molecule has 160 valence electrons. The fourth-order valence-electron chi connectivity index (χ4n) is 3.81. The second-order valence-corrected chi connectivity index (χ2v) is 7.69.